The summed E-state index contributed by atoms with van der Waals surface area (Å²) in [6, 6.07) is 2.81. The number of nitrogens with one attached hydrogen (secondary N) is 1. The number of benzene rings is 1. The van der Waals surface area contributed by atoms with Gasteiger partial charge in [0.25, 0.3) is 5.56 Å². The summed E-state index contributed by atoms with van der Waals surface area (Å²) >= 11 is 2.94. The van der Waals surface area contributed by atoms with Gasteiger partial charge in [-0.2, -0.15) is 0 Å². The average Bonchev–Trinajstić information content (AvgIpc) is 2.36. The third-order valence-electron chi connectivity index (χ3n) is 2.09. The Labute approximate surface area is 113 Å². The van der Waals surface area contributed by atoms with Gasteiger partial charge in [0.1, 0.15) is 10.3 Å². The first kappa shape index (κ1) is 13.1. The summed E-state index contributed by atoms with van der Waals surface area (Å²) in [5, 5.41) is 10.8. The molecule has 0 unspecified atom stereocenters. The van der Waals surface area contributed by atoms with Crippen LogP contribution in [-0.2, 0) is 0 Å². The summed E-state index contributed by atoms with van der Waals surface area (Å²) < 4.78 is 18.1. The molecule has 0 amide bonds. The number of H-pyrrole nitrogens is 1. The molecule has 0 bridgehead atoms. The van der Waals surface area contributed by atoms with Crippen molar-refractivity contribution in [1.82, 2.24) is 9.97 Å². The molecule has 0 radical (unpaired) electrons. The lowest BCUT2D eigenvalue weighted by atomic mass is 10.3. The van der Waals surface area contributed by atoms with Crippen LogP contribution in [0.15, 0.2) is 33.8 Å². The molecule has 7 nitrogen and oxygen atoms in total. The number of rotatable bonds is 3. The highest BCUT2D eigenvalue weighted by molar-refractivity contribution is 9.10. The van der Waals surface area contributed by atoms with Crippen LogP contribution in [0.5, 0.6) is 11.6 Å². The van der Waals surface area contributed by atoms with Gasteiger partial charge in [-0.05, 0) is 28.1 Å². The van der Waals surface area contributed by atoms with Gasteiger partial charge in [0.15, 0.2) is 0 Å². The van der Waals surface area contributed by atoms with Gasteiger partial charge in [-0.15, -0.1) is 0 Å². The van der Waals surface area contributed by atoms with Gasteiger partial charge >= 0.3 is 5.69 Å². The maximum atomic E-state index is 12.9. The zero-order valence-corrected chi connectivity index (χ0v) is 10.7. The number of aromatic nitrogens is 2. The minimum Gasteiger partial charge on any atom is -0.430 e. The molecule has 19 heavy (non-hydrogen) atoms. The number of nitro benzene ring substituents is 1. The van der Waals surface area contributed by atoms with Crippen LogP contribution in [0.2, 0.25) is 0 Å². The van der Waals surface area contributed by atoms with Crippen molar-refractivity contribution in [2.24, 2.45) is 0 Å². The second-order valence-electron chi connectivity index (χ2n) is 3.32. The number of aromatic amines is 1. The minimum absolute atomic E-state index is 0.0198. The van der Waals surface area contributed by atoms with Gasteiger partial charge < -0.3 is 9.72 Å². The summed E-state index contributed by atoms with van der Waals surface area (Å²) in [5.41, 5.74) is -1.07. The van der Waals surface area contributed by atoms with Crippen LogP contribution >= 0.6 is 15.9 Å². The summed E-state index contributed by atoms with van der Waals surface area (Å²) in [7, 11) is 0. The predicted octanol–water partition coefficient (Wildman–Crippen LogP) is 2.37. The van der Waals surface area contributed by atoms with E-state index in [1.54, 1.807) is 0 Å². The molecule has 1 heterocycles. The topological polar surface area (TPSA) is 98.1 Å². The summed E-state index contributed by atoms with van der Waals surface area (Å²) in [4.78, 5) is 27.3. The Morgan fingerprint density at radius 2 is 2.21 bits per heavy atom. The Kier molecular flexibility index (Phi) is 3.56. The monoisotopic (exact) mass is 329 g/mol. The highest BCUT2D eigenvalue weighted by Crippen LogP contribution is 2.32. The minimum atomic E-state index is -0.792. The first-order valence-electron chi connectivity index (χ1n) is 4.84. The zero-order chi connectivity index (χ0) is 14.0. The molecule has 0 aliphatic carbocycles. The van der Waals surface area contributed by atoms with Crippen molar-refractivity contribution >= 4 is 21.6 Å². The average molecular weight is 330 g/mol. The molecule has 0 aliphatic heterocycles. The van der Waals surface area contributed by atoms with Gasteiger partial charge in [0.2, 0.25) is 11.6 Å². The lowest BCUT2D eigenvalue weighted by Gasteiger charge is -2.06. The van der Waals surface area contributed by atoms with Crippen LogP contribution in [0.25, 0.3) is 0 Å². The number of halogens is 2. The number of hydrogen-bond donors (Lipinski definition) is 1. The molecular formula is C10H5BrFN3O4. The Balaban J connectivity index is 2.46. The number of nitro groups is 1. The Morgan fingerprint density at radius 1 is 1.47 bits per heavy atom. The quantitative estimate of drug-likeness (QED) is 0.688. The van der Waals surface area contributed by atoms with E-state index in [1.807, 2.05) is 0 Å². The van der Waals surface area contributed by atoms with Gasteiger partial charge in [0.05, 0.1) is 17.3 Å². The van der Waals surface area contributed by atoms with Crippen LogP contribution in [0.1, 0.15) is 0 Å². The van der Waals surface area contributed by atoms with Gasteiger partial charge in [-0.3, -0.25) is 14.9 Å². The van der Waals surface area contributed by atoms with Crippen LogP contribution in [0.3, 0.4) is 0 Å². The lowest BCUT2D eigenvalue weighted by Crippen LogP contribution is -2.08. The fourth-order valence-corrected chi connectivity index (χ4v) is 1.56. The molecule has 2 rings (SSSR count). The molecule has 0 spiro atoms. The van der Waals surface area contributed by atoms with Crippen molar-refractivity contribution in [2.45, 2.75) is 0 Å². The van der Waals surface area contributed by atoms with E-state index in [0.29, 0.717) is 0 Å². The summed E-state index contributed by atoms with van der Waals surface area (Å²) in [6.07, 6.45) is 1.08. The van der Waals surface area contributed by atoms with E-state index in [1.165, 1.54) is 0 Å². The van der Waals surface area contributed by atoms with Gasteiger partial charge in [-0.1, -0.05) is 0 Å². The molecule has 1 N–H and O–H groups in total. The molecule has 9 heteroatoms. The molecule has 98 valence electrons. The Bertz CT molecular complexity index is 703. The van der Waals surface area contributed by atoms with E-state index < -0.39 is 22.0 Å². The normalized spacial score (nSPS) is 10.2. The van der Waals surface area contributed by atoms with Crippen molar-refractivity contribution in [2.75, 3.05) is 0 Å². The molecule has 1 aromatic carbocycles. The van der Waals surface area contributed by atoms with E-state index in [4.69, 9.17) is 4.74 Å². The first-order valence-corrected chi connectivity index (χ1v) is 5.63. The smallest absolute Gasteiger partial charge is 0.314 e. The third-order valence-corrected chi connectivity index (χ3v) is 2.79. The molecule has 0 saturated heterocycles. The van der Waals surface area contributed by atoms with Crippen LogP contribution in [-0.4, -0.2) is 14.9 Å². The molecule has 0 aliphatic rings. The fraction of sp³-hybridized carbons (Fsp3) is 0. The van der Waals surface area contributed by atoms with Crippen molar-refractivity contribution < 1.29 is 14.1 Å². The fourth-order valence-electron chi connectivity index (χ4n) is 1.26. The van der Waals surface area contributed by atoms with Crippen molar-refractivity contribution in [3.8, 4) is 11.6 Å². The SMILES string of the molecule is O=c1[nH]cnc(Oc2ccc(F)cc2[N+](=O)[O-])c1Br. The molecule has 0 saturated carbocycles. The lowest BCUT2D eigenvalue weighted by molar-refractivity contribution is -0.385. The standard InChI is InChI=1S/C10H5BrFN3O4/c11-8-9(16)13-4-14-10(8)19-7-2-1-5(12)3-6(7)15(17)18/h1-4H,(H,13,14,16). The first-order chi connectivity index (χ1) is 8.99. The van der Waals surface area contributed by atoms with Crippen molar-refractivity contribution in [3.05, 3.63) is 55.3 Å². The number of ether oxygens (including phenoxy) is 1. The third kappa shape index (κ3) is 2.76. The van der Waals surface area contributed by atoms with Crippen LogP contribution in [0, 0.1) is 15.9 Å². The Morgan fingerprint density at radius 3 is 2.89 bits per heavy atom. The van der Waals surface area contributed by atoms with Gasteiger partial charge in [0, 0.05) is 0 Å². The van der Waals surface area contributed by atoms with E-state index in [0.717, 1.165) is 24.5 Å². The molecule has 2 aromatic rings. The summed E-state index contributed by atoms with van der Waals surface area (Å²) in [6.45, 7) is 0. The maximum absolute atomic E-state index is 12.9. The van der Waals surface area contributed by atoms with E-state index in [9.17, 15) is 19.3 Å². The Hall–Kier alpha value is -2.29. The van der Waals surface area contributed by atoms with Crippen LogP contribution < -0.4 is 10.3 Å². The van der Waals surface area contributed by atoms with Crippen LogP contribution in [0.4, 0.5) is 10.1 Å². The molecule has 0 atom stereocenters. The van der Waals surface area contributed by atoms with Crippen molar-refractivity contribution in [1.29, 1.82) is 0 Å². The van der Waals surface area contributed by atoms with E-state index >= 15 is 0 Å². The second-order valence-corrected chi connectivity index (χ2v) is 4.12. The summed E-state index contributed by atoms with van der Waals surface area (Å²) in [5.74, 6) is -1.14. The van der Waals surface area contributed by atoms with E-state index in [-0.39, 0.29) is 16.1 Å². The second kappa shape index (κ2) is 5.14. The highest BCUT2D eigenvalue weighted by Gasteiger charge is 2.19. The van der Waals surface area contributed by atoms with Crippen molar-refractivity contribution in [3.63, 3.8) is 0 Å². The largest absolute Gasteiger partial charge is 0.430 e. The molecule has 0 fully saturated rings. The predicted molar refractivity (Wildman–Crippen MR) is 65.7 cm³/mol. The number of nitrogens with zero attached hydrogens (tertiary/aromatic N) is 2. The number of hydrogen-bond acceptors (Lipinski definition) is 5. The zero-order valence-electron chi connectivity index (χ0n) is 9.09. The van der Waals surface area contributed by atoms with Gasteiger partial charge in [-0.25, -0.2) is 9.37 Å². The molecular weight excluding hydrogens is 325 g/mol. The maximum Gasteiger partial charge on any atom is 0.314 e. The molecule has 1 aromatic heterocycles. The van der Waals surface area contributed by atoms with E-state index in [2.05, 4.69) is 25.9 Å². The highest BCUT2D eigenvalue weighted by atomic mass is 79.9.